The molecule has 0 bridgehead atoms. The molecular weight excluding hydrogens is 254 g/mol. The van der Waals surface area contributed by atoms with Crippen LogP contribution in [0.1, 0.15) is 38.8 Å². The van der Waals surface area contributed by atoms with Gasteiger partial charge in [-0.2, -0.15) is 0 Å². The number of aliphatic hydroxyl groups is 2. The lowest BCUT2D eigenvalue weighted by Crippen LogP contribution is -2.45. The van der Waals surface area contributed by atoms with Crippen molar-refractivity contribution in [2.24, 2.45) is 0 Å². The van der Waals surface area contributed by atoms with E-state index in [2.05, 4.69) is 5.32 Å². The van der Waals surface area contributed by atoms with Crippen molar-refractivity contribution in [2.75, 3.05) is 13.2 Å². The van der Waals surface area contributed by atoms with E-state index in [1.165, 1.54) is 0 Å². The largest absolute Gasteiger partial charge is 0.396 e. The van der Waals surface area contributed by atoms with Gasteiger partial charge in [0.2, 0.25) is 5.91 Å². The molecule has 112 valence electrons. The van der Waals surface area contributed by atoms with Crippen molar-refractivity contribution in [3.05, 3.63) is 35.4 Å². The Bertz CT molecular complexity index is 444. The Morgan fingerprint density at radius 1 is 1.15 bits per heavy atom. The van der Waals surface area contributed by atoms with Crippen LogP contribution in [0, 0.1) is 0 Å². The zero-order valence-corrected chi connectivity index (χ0v) is 12.7. The molecule has 0 unspecified atom stereocenters. The predicted molar refractivity (Wildman–Crippen MR) is 79.6 cm³/mol. The van der Waals surface area contributed by atoms with E-state index in [0.717, 1.165) is 11.1 Å². The van der Waals surface area contributed by atoms with Gasteiger partial charge in [0.15, 0.2) is 0 Å². The van der Waals surface area contributed by atoms with Crippen LogP contribution < -0.4 is 5.32 Å². The fourth-order valence-corrected chi connectivity index (χ4v) is 1.87. The fraction of sp³-hybridized carbons (Fsp3) is 0.562. The Hall–Kier alpha value is -1.39. The Morgan fingerprint density at radius 2 is 1.70 bits per heavy atom. The summed E-state index contributed by atoms with van der Waals surface area (Å²) in [6.45, 7) is 7.36. The molecule has 0 atom stereocenters. The van der Waals surface area contributed by atoms with Crippen LogP contribution >= 0.6 is 0 Å². The molecule has 1 aromatic carbocycles. The third kappa shape index (κ3) is 4.62. The highest BCUT2D eigenvalue weighted by atomic mass is 16.3. The Labute approximate surface area is 120 Å². The number of aliphatic hydroxyl groups excluding tert-OH is 1. The minimum absolute atomic E-state index is 0.116. The number of hydrogen-bond donors (Lipinski definition) is 3. The molecule has 20 heavy (non-hydrogen) atoms. The molecule has 0 saturated heterocycles. The van der Waals surface area contributed by atoms with Gasteiger partial charge in [-0.15, -0.1) is 0 Å². The van der Waals surface area contributed by atoms with Gasteiger partial charge < -0.3 is 15.5 Å². The van der Waals surface area contributed by atoms with Crippen LogP contribution in [0.15, 0.2) is 24.3 Å². The Kier molecular flexibility index (Phi) is 5.31. The second-order valence-corrected chi connectivity index (χ2v) is 6.29. The average Bonchev–Trinajstić information content (AvgIpc) is 2.36. The van der Waals surface area contributed by atoms with E-state index < -0.39 is 11.0 Å². The average molecular weight is 279 g/mol. The fourth-order valence-electron chi connectivity index (χ4n) is 1.87. The van der Waals surface area contributed by atoms with E-state index in [4.69, 9.17) is 5.11 Å². The summed E-state index contributed by atoms with van der Waals surface area (Å²) in [5, 5.41) is 21.3. The van der Waals surface area contributed by atoms with Crippen LogP contribution in [0.5, 0.6) is 0 Å². The van der Waals surface area contributed by atoms with Gasteiger partial charge in [0.05, 0.1) is 11.0 Å². The molecule has 1 amide bonds. The maximum Gasteiger partial charge on any atom is 0.230 e. The molecule has 0 aliphatic carbocycles. The molecule has 4 heteroatoms. The molecule has 0 spiro atoms. The number of rotatable bonds is 6. The topological polar surface area (TPSA) is 69.6 Å². The van der Waals surface area contributed by atoms with Gasteiger partial charge in [0, 0.05) is 13.2 Å². The first-order chi connectivity index (χ1) is 9.16. The number of hydrogen-bond acceptors (Lipinski definition) is 3. The highest BCUT2D eigenvalue weighted by Gasteiger charge is 2.30. The maximum atomic E-state index is 12.3. The second-order valence-electron chi connectivity index (χ2n) is 6.29. The molecule has 4 nitrogen and oxygen atoms in total. The van der Waals surface area contributed by atoms with E-state index >= 15 is 0 Å². The van der Waals surface area contributed by atoms with Gasteiger partial charge in [-0.1, -0.05) is 24.3 Å². The van der Waals surface area contributed by atoms with Crippen LogP contribution in [0.4, 0.5) is 0 Å². The molecular formula is C16H25NO3. The second kappa shape index (κ2) is 6.37. The third-order valence-electron chi connectivity index (χ3n) is 3.33. The molecule has 0 aromatic heterocycles. The predicted octanol–water partition coefficient (Wildman–Crippen LogP) is 1.39. The van der Waals surface area contributed by atoms with Crippen molar-refractivity contribution < 1.29 is 15.0 Å². The lowest BCUT2D eigenvalue weighted by atomic mass is 9.83. The SMILES string of the molecule is CC(C)(O)CNC(=O)C(C)(C)c1ccc(CCO)cc1. The van der Waals surface area contributed by atoms with E-state index in [1.807, 2.05) is 38.1 Å². The molecule has 1 rings (SSSR count). The van der Waals surface area contributed by atoms with Gasteiger partial charge in [-0.25, -0.2) is 0 Å². The summed E-state index contributed by atoms with van der Waals surface area (Å²) < 4.78 is 0. The van der Waals surface area contributed by atoms with Gasteiger partial charge in [0.25, 0.3) is 0 Å². The lowest BCUT2D eigenvalue weighted by Gasteiger charge is -2.27. The Morgan fingerprint density at radius 3 is 2.15 bits per heavy atom. The van der Waals surface area contributed by atoms with Crippen molar-refractivity contribution in [3.8, 4) is 0 Å². The number of carbonyl (C=O) groups is 1. The summed E-state index contributed by atoms with van der Waals surface area (Å²) in [5.74, 6) is -0.116. The van der Waals surface area contributed by atoms with Crippen molar-refractivity contribution in [1.29, 1.82) is 0 Å². The minimum atomic E-state index is -0.920. The van der Waals surface area contributed by atoms with Crippen LogP contribution in [-0.2, 0) is 16.6 Å². The van der Waals surface area contributed by atoms with Crippen LogP contribution in [0.25, 0.3) is 0 Å². The summed E-state index contributed by atoms with van der Waals surface area (Å²) >= 11 is 0. The smallest absolute Gasteiger partial charge is 0.230 e. The van der Waals surface area contributed by atoms with Gasteiger partial charge in [0.1, 0.15) is 0 Å². The van der Waals surface area contributed by atoms with Crippen molar-refractivity contribution in [1.82, 2.24) is 5.32 Å². The van der Waals surface area contributed by atoms with Crippen molar-refractivity contribution in [2.45, 2.75) is 45.1 Å². The van der Waals surface area contributed by atoms with Crippen LogP contribution in [0.3, 0.4) is 0 Å². The van der Waals surface area contributed by atoms with E-state index in [9.17, 15) is 9.90 Å². The first-order valence-electron chi connectivity index (χ1n) is 6.88. The molecule has 1 aromatic rings. The van der Waals surface area contributed by atoms with Crippen LogP contribution in [0.2, 0.25) is 0 Å². The number of amides is 1. The van der Waals surface area contributed by atoms with E-state index in [1.54, 1.807) is 13.8 Å². The summed E-state index contributed by atoms with van der Waals surface area (Å²) in [6.07, 6.45) is 0.617. The molecule has 0 aliphatic heterocycles. The summed E-state index contributed by atoms with van der Waals surface area (Å²) in [4.78, 5) is 12.3. The monoisotopic (exact) mass is 279 g/mol. The zero-order chi connectivity index (χ0) is 15.4. The highest BCUT2D eigenvalue weighted by Crippen LogP contribution is 2.24. The number of carbonyl (C=O) groups excluding carboxylic acids is 1. The first-order valence-corrected chi connectivity index (χ1v) is 6.88. The quantitative estimate of drug-likeness (QED) is 0.737. The number of nitrogens with one attached hydrogen (secondary N) is 1. The third-order valence-corrected chi connectivity index (χ3v) is 3.33. The van der Waals surface area contributed by atoms with Gasteiger partial charge in [-0.05, 0) is 45.2 Å². The minimum Gasteiger partial charge on any atom is -0.396 e. The molecule has 3 N–H and O–H groups in total. The van der Waals surface area contributed by atoms with E-state index in [0.29, 0.717) is 6.42 Å². The molecule has 0 heterocycles. The number of benzene rings is 1. The Balaban J connectivity index is 2.78. The standard InChI is InChI=1S/C16H25NO3/c1-15(2,20)11-17-14(19)16(3,4)13-7-5-12(6-8-13)9-10-18/h5-8,18,20H,9-11H2,1-4H3,(H,17,19). The lowest BCUT2D eigenvalue weighted by molar-refractivity contribution is -0.126. The first kappa shape index (κ1) is 16.7. The van der Waals surface area contributed by atoms with E-state index in [-0.39, 0.29) is 19.1 Å². The molecule has 0 saturated carbocycles. The molecule has 0 fully saturated rings. The summed E-state index contributed by atoms with van der Waals surface area (Å²) in [6, 6.07) is 7.68. The van der Waals surface area contributed by atoms with Crippen LogP contribution in [-0.4, -0.2) is 34.9 Å². The molecule has 0 aliphatic rings. The summed E-state index contributed by atoms with van der Waals surface area (Å²) in [7, 11) is 0. The maximum absolute atomic E-state index is 12.3. The van der Waals surface area contributed by atoms with Gasteiger partial charge >= 0.3 is 0 Å². The van der Waals surface area contributed by atoms with Crippen molar-refractivity contribution >= 4 is 5.91 Å². The van der Waals surface area contributed by atoms with Gasteiger partial charge in [-0.3, -0.25) is 4.79 Å². The zero-order valence-electron chi connectivity index (χ0n) is 12.7. The summed E-state index contributed by atoms with van der Waals surface area (Å²) in [5.41, 5.74) is 0.371. The normalized spacial score (nSPS) is 12.3. The highest BCUT2D eigenvalue weighted by molar-refractivity contribution is 5.87. The van der Waals surface area contributed by atoms with Crippen molar-refractivity contribution in [3.63, 3.8) is 0 Å². The molecule has 0 radical (unpaired) electrons.